The van der Waals surface area contributed by atoms with E-state index in [1.165, 1.54) is 12.1 Å². The summed E-state index contributed by atoms with van der Waals surface area (Å²) in [6.07, 6.45) is 0. The Kier molecular flexibility index (Phi) is 5.18. The minimum absolute atomic E-state index is 0.126. The van der Waals surface area contributed by atoms with Crippen LogP contribution in [0, 0.1) is 5.82 Å². The Balaban J connectivity index is 2.18. The number of rotatable bonds is 4. The van der Waals surface area contributed by atoms with E-state index < -0.39 is 0 Å². The molecule has 2 N–H and O–H groups in total. The molecule has 0 unspecified atom stereocenters. The smallest absolute Gasteiger partial charge is 0.124 e. The van der Waals surface area contributed by atoms with Crippen LogP contribution in [0.15, 0.2) is 45.3 Å². The Morgan fingerprint density at radius 3 is 2.60 bits per heavy atom. The van der Waals surface area contributed by atoms with Crippen LogP contribution in [0.1, 0.15) is 24.1 Å². The molecule has 106 valence electrons. The van der Waals surface area contributed by atoms with Crippen molar-refractivity contribution in [2.75, 3.05) is 0 Å². The summed E-state index contributed by atoms with van der Waals surface area (Å²) in [4.78, 5) is 0. The van der Waals surface area contributed by atoms with Gasteiger partial charge in [0.05, 0.1) is 0 Å². The highest BCUT2D eigenvalue weighted by molar-refractivity contribution is 9.10. The lowest BCUT2D eigenvalue weighted by Crippen LogP contribution is -2.08. The zero-order valence-corrected chi connectivity index (χ0v) is 14.0. The minimum Gasteiger partial charge on any atom is -0.489 e. The van der Waals surface area contributed by atoms with Gasteiger partial charge < -0.3 is 10.5 Å². The molecule has 2 aromatic carbocycles. The molecule has 0 aliphatic rings. The van der Waals surface area contributed by atoms with Gasteiger partial charge in [-0.3, -0.25) is 0 Å². The molecule has 0 amide bonds. The van der Waals surface area contributed by atoms with Gasteiger partial charge in [-0.15, -0.1) is 0 Å². The van der Waals surface area contributed by atoms with Gasteiger partial charge in [0, 0.05) is 26.1 Å². The second-order valence-electron chi connectivity index (χ2n) is 4.50. The molecule has 0 aliphatic heterocycles. The van der Waals surface area contributed by atoms with Crippen molar-refractivity contribution in [2.24, 2.45) is 5.73 Å². The Morgan fingerprint density at radius 1 is 1.20 bits per heavy atom. The lowest BCUT2D eigenvalue weighted by molar-refractivity contribution is 0.300. The van der Waals surface area contributed by atoms with Crippen LogP contribution in [0.3, 0.4) is 0 Å². The molecule has 20 heavy (non-hydrogen) atoms. The SMILES string of the molecule is C[C@H](N)c1cc(Br)ccc1OCc1ccc(F)cc1Br. The fraction of sp³-hybridized carbons (Fsp3) is 0.200. The van der Waals surface area contributed by atoms with Crippen molar-refractivity contribution in [2.45, 2.75) is 19.6 Å². The molecule has 1 atom stereocenters. The topological polar surface area (TPSA) is 35.2 Å². The predicted octanol–water partition coefficient (Wildman–Crippen LogP) is 4.95. The van der Waals surface area contributed by atoms with Gasteiger partial charge in [0.2, 0.25) is 0 Å². The van der Waals surface area contributed by atoms with Crippen LogP contribution in [-0.2, 0) is 6.61 Å². The fourth-order valence-electron chi connectivity index (χ4n) is 1.80. The van der Waals surface area contributed by atoms with Crippen LogP contribution in [0.5, 0.6) is 5.75 Å². The van der Waals surface area contributed by atoms with E-state index in [0.717, 1.165) is 21.3 Å². The summed E-state index contributed by atoms with van der Waals surface area (Å²) in [5.74, 6) is 0.458. The summed E-state index contributed by atoms with van der Waals surface area (Å²) in [5.41, 5.74) is 7.75. The van der Waals surface area contributed by atoms with Crippen molar-refractivity contribution in [1.82, 2.24) is 0 Å². The second kappa shape index (κ2) is 6.70. The first-order chi connectivity index (χ1) is 9.47. The van der Waals surface area contributed by atoms with E-state index >= 15 is 0 Å². The van der Waals surface area contributed by atoms with E-state index in [2.05, 4.69) is 31.9 Å². The normalized spacial score (nSPS) is 12.2. The third-order valence-corrected chi connectivity index (χ3v) is 4.09. The number of nitrogens with two attached hydrogens (primary N) is 1. The van der Waals surface area contributed by atoms with Crippen molar-refractivity contribution in [1.29, 1.82) is 0 Å². The van der Waals surface area contributed by atoms with Crippen LogP contribution in [-0.4, -0.2) is 0 Å². The highest BCUT2D eigenvalue weighted by Gasteiger charge is 2.10. The number of halogens is 3. The lowest BCUT2D eigenvalue weighted by Gasteiger charge is -2.15. The maximum atomic E-state index is 13.0. The molecule has 2 nitrogen and oxygen atoms in total. The summed E-state index contributed by atoms with van der Waals surface area (Å²) in [5, 5.41) is 0. The predicted molar refractivity (Wildman–Crippen MR) is 85.2 cm³/mol. The van der Waals surface area contributed by atoms with Crippen molar-refractivity contribution >= 4 is 31.9 Å². The van der Waals surface area contributed by atoms with E-state index in [9.17, 15) is 4.39 Å². The molecule has 0 saturated heterocycles. The van der Waals surface area contributed by atoms with Crippen molar-refractivity contribution in [3.05, 3.63) is 62.3 Å². The van der Waals surface area contributed by atoms with Gasteiger partial charge >= 0.3 is 0 Å². The fourth-order valence-corrected chi connectivity index (χ4v) is 2.64. The van der Waals surface area contributed by atoms with Gasteiger partial charge in [-0.25, -0.2) is 4.39 Å². The molecular formula is C15H14Br2FNO. The second-order valence-corrected chi connectivity index (χ2v) is 6.27. The molecule has 2 rings (SSSR count). The highest BCUT2D eigenvalue weighted by atomic mass is 79.9. The number of hydrogen-bond donors (Lipinski definition) is 1. The van der Waals surface area contributed by atoms with Crippen LogP contribution >= 0.6 is 31.9 Å². The highest BCUT2D eigenvalue weighted by Crippen LogP contribution is 2.29. The summed E-state index contributed by atoms with van der Waals surface area (Å²) in [6, 6.07) is 10.1. The molecule has 5 heteroatoms. The minimum atomic E-state index is -0.277. The van der Waals surface area contributed by atoms with Crippen LogP contribution in [0.2, 0.25) is 0 Å². The Morgan fingerprint density at radius 2 is 1.95 bits per heavy atom. The van der Waals surface area contributed by atoms with E-state index in [1.807, 2.05) is 25.1 Å². The molecule has 0 radical (unpaired) electrons. The van der Waals surface area contributed by atoms with Crippen molar-refractivity contribution < 1.29 is 9.13 Å². The molecule has 0 heterocycles. The average Bonchev–Trinajstić information content (AvgIpc) is 2.38. The van der Waals surface area contributed by atoms with E-state index in [0.29, 0.717) is 11.1 Å². The maximum absolute atomic E-state index is 13.0. The maximum Gasteiger partial charge on any atom is 0.124 e. The lowest BCUT2D eigenvalue weighted by atomic mass is 10.1. The van der Waals surface area contributed by atoms with Gasteiger partial charge in [0.15, 0.2) is 0 Å². The molecule has 0 spiro atoms. The number of hydrogen-bond acceptors (Lipinski definition) is 2. The molecule has 0 aliphatic carbocycles. The van der Waals surface area contributed by atoms with Gasteiger partial charge in [0.1, 0.15) is 18.2 Å². The van der Waals surface area contributed by atoms with Crippen molar-refractivity contribution in [3.8, 4) is 5.75 Å². The zero-order chi connectivity index (χ0) is 14.7. The molecule has 2 aromatic rings. The first-order valence-electron chi connectivity index (χ1n) is 6.09. The number of ether oxygens (including phenoxy) is 1. The quantitative estimate of drug-likeness (QED) is 0.785. The summed E-state index contributed by atoms with van der Waals surface area (Å²) >= 11 is 6.75. The molecule has 0 fully saturated rings. The van der Waals surface area contributed by atoms with Crippen LogP contribution in [0.4, 0.5) is 4.39 Å². The molecule has 0 aromatic heterocycles. The monoisotopic (exact) mass is 401 g/mol. The van der Waals surface area contributed by atoms with E-state index in [1.54, 1.807) is 6.07 Å². The Hall–Kier alpha value is -0.910. The zero-order valence-electron chi connectivity index (χ0n) is 10.9. The first-order valence-corrected chi connectivity index (χ1v) is 7.67. The third-order valence-electron chi connectivity index (χ3n) is 2.86. The molecular weight excluding hydrogens is 389 g/mol. The Bertz CT molecular complexity index is 617. The van der Waals surface area contributed by atoms with Gasteiger partial charge in [-0.05, 0) is 37.3 Å². The van der Waals surface area contributed by atoms with Crippen molar-refractivity contribution in [3.63, 3.8) is 0 Å². The van der Waals surface area contributed by atoms with E-state index in [-0.39, 0.29) is 11.9 Å². The first kappa shape index (κ1) is 15.5. The Labute approximate surface area is 134 Å². The summed E-state index contributed by atoms with van der Waals surface area (Å²) in [6.45, 7) is 2.25. The molecule has 0 bridgehead atoms. The van der Waals surface area contributed by atoms with Crippen LogP contribution in [0.25, 0.3) is 0 Å². The van der Waals surface area contributed by atoms with E-state index in [4.69, 9.17) is 10.5 Å². The average molecular weight is 403 g/mol. The standard InChI is InChI=1S/C15H14Br2FNO/c1-9(19)13-6-11(16)3-5-15(13)20-8-10-2-4-12(18)7-14(10)17/h2-7,9H,8,19H2,1H3/t9-/m0/s1. The largest absolute Gasteiger partial charge is 0.489 e. The summed E-state index contributed by atoms with van der Waals surface area (Å²) < 4.78 is 20.5. The number of benzene rings is 2. The third kappa shape index (κ3) is 3.81. The van der Waals surface area contributed by atoms with Crippen LogP contribution < -0.4 is 10.5 Å². The van der Waals surface area contributed by atoms with Gasteiger partial charge in [0.25, 0.3) is 0 Å². The van der Waals surface area contributed by atoms with Gasteiger partial charge in [-0.1, -0.05) is 37.9 Å². The van der Waals surface area contributed by atoms with Gasteiger partial charge in [-0.2, -0.15) is 0 Å². The summed E-state index contributed by atoms with van der Waals surface area (Å²) in [7, 11) is 0. The molecule has 0 saturated carbocycles.